The van der Waals surface area contributed by atoms with E-state index < -0.39 is 18.4 Å². The van der Waals surface area contributed by atoms with E-state index >= 15 is 0 Å². The van der Waals surface area contributed by atoms with Crippen molar-refractivity contribution < 1.29 is 17.9 Å². The lowest BCUT2D eigenvalue weighted by Gasteiger charge is -2.34. The summed E-state index contributed by atoms with van der Waals surface area (Å²) in [6.07, 6.45) is -6.71. The van der Waals surface area contributed by atoms with E-state index in [9.17, 15) is 13.2 Å². The third kappa shape index (κ3) is 2.57. The third-order valence-electron chi connectivity index (χ3n) is 2.00. The zero-order chi connectivity index (χ0) is 10.9. The molecular formula is C8H12F3NOS. The van der Waals surface area contributed by atoms with E-state index in [1.165, 1.54) is 0 Å². The number of rotatable bonds is 1. The molecule has 1 rings (SSSR count). The fraction of sp³-hybridized carbons (Fsp3) is 0.875. The van der Waals surface area contributed by atoms with Crippen LogP contribution in [0.4, 0.5) is 13.2 Å². The van der Waals surface area contributed by atoms with E-state index in [0.717, 1.165) is 0 Å². The molecule has 6 heteroatoms. The zero-order valence-corrected chi connectivity index (χ0v) is 8.71. The second kappa shape index (κ2) is 4.02. The normalized spacial score (nSPS) is 29.1. The summed E-state index contributed by atoms with van der Waals surface area (Å²) >= 11 is 4.88. The van der Waals surface area contributed by atoms with Crippen LogP contribution in [0.2, 0.25) is 0 Å². The van der Waals surface area contributed by atoms with Crippen LogP contribution in [0, 0.1) is 5.92 Å². The average Bonchev–Trinajstić information content (AvgIpc) is 2.02. The van der Waals surface area contributed by atoms with Crippen LogP contribution < -0.4 is 5.32 Å². The van der Waals surface area contributed by atoms with Gasteiger partial charge in [0.15, 0.2) is 6.10 Å². The van der Waals surface area contributed by atoms with Crippen LogP contribution in [0.25, 0.3) is 0 Å². The highest BCUT2D eigenvalue weighted by atomic mass is 32.1. The predicted octanol–water partition coefficient (Wildman–Crippen LogP) is 1.89. The number of halogens is 3. The molecule has 1 aliphatic rings. The number of hydrogen-bond acceptors (Lipinski definition) is 2. The first-order valence-corrected chi connectivity index (χ1v) is 4.73. The number of ether oxygens (including phenoxy) is 1. The molecule has 0 aliphatic carbocycles. The van der Waals surface area contributed by atoms with Crippen LogP contribution >= 0.6 is 12.2 Å². The molecule has 1 aliphatic heterocycles. The fourth-order valence-electron chi connectivity index (χ4n) is 1.23. The Hall–Kier alpha value is -0.360. The maximum absolute atomic E-state index is 12.3. The lowest BCUT2D eigenvalue weighted by atomic mass is 10.1. The lowest BCUT2D eigenvalue weighted by molar-refractivity contribution is -0.231. The Balaban J connectivity index is 2.67. The molecule has 0 aromatic heterocycles. The molecule has 0 radical (unpaired) electrons. The van der Waals surface area contributed by atoms with Crippen molar-refractivity contribution >= 4 is 17.2 Å². The molecule has 14 heavy (non-hydrogen) atoms. The van der Waals surface area contributed by atoms with Gasteiger partial charge in [-0.15, -0.1) is 0 Å². The highest BCUT2D eigenvalue weighted by molar-refractivity contribution is 7.80. The Morgan fingerprint density at radius 2 is 2.07 bits per heavy atom. The molecule has 1 N–H and O–H groups in total. The number of alkyl halides is 3. The lowest BCUT2D eigenvalue weighted by Crippen LogP contribution is -2.55. The minimum atomic E-state index is -4.32. The van der Waals surface area contributed by atoms with Crippen molar-refractivity contribution in [2.45, 2.75) is 32.2 Å². The monoisotopic (exact) mass is 227 g/mol. The molecule has 0 aromatic carbocycles. The maximum Gasteiger partial charge on any atom is 0.416 e. The largest absolute Gasteiger partial charge is 0.416 e. The van der Waals surface area contributed by atoms with Gasteiger partial charge >= 0.3 is 6.18 Å². The zero-order valence-electron chi connectivity index (χ0n) is 7.89. The topological polar surface area (TPSA) is 21.3 Å². The van der Waals surface area contributed by atoms with Crippen LogP contribution in [0.3, 0.4) is 0 Å². The van der Waals surface area contributed by atoms with Gasteiger partial charge in [0.1, 0.15) is 11.1 Å². The van der Waals surface area contributed by atoms with Gasteiger partial charge in [-0.1, -0.05) is 26.1 Å². The molecule has 1 fully saturated rings. The first-order valence-electron chi connectivity index (χ1n) is 4.32. The summed E-state index contributed by atoms with van der Waals surface area (Å²) in [5.74, 6) is -0.0554. The molecule has 1 saturated heterocycles. The fourth-order valence-corrected chi connectivity index (χ4v) is 1.64. The van der Waals surface area contributed by atoms with E-state index in [4.69, 9.17) is 17.0 Å². The van der Waals surface area contributed by atoms with E-state index in [0.29, 0.717) is 4.99 Å². The molecule has 0 amide bonds. The van der Waals surface area contributed by atoms with Crippen LogP contribution in [-0.4, -0.2) is 29.9 Å². The van der Waals surface area contributed by atoms with Gasteiger partial charge in [-0.05, 0) is 5.92 Å². The molecule has 82 valence electrons. The van der Waals surface area contributed by atoms with Gasteiger partial charge in [-0.25, -0.2) is 0 Å². The Bertz CT molecular complexity index is 229. The maximum atomic E-state index is 12.3. The van der Waals surface area contributed by atoms with Gasteiger partial charge < -0.3 is 10.1 Å². The number of thiocarbonyl (C=S) groups is 1. The summed E-state index contributed by atoms with van der Waals surface area (Å²) in [6, 6.07) is 0. The van der Waals surface area contributed by atoms with Gasteiger partial charge in [0, 0.05) is 0 Å². The minimum Gasteiger partial charge on any atom is -0.375 e. The highest BCUT2D eigenvalue weighted by Gasteiger charge is 2.45. The minimum absolute atomic E-state index is 0.0554. The van der Waals surface area contributed by atoms with E-state index in [-0.39, 0.29) is 12.5 Å². The summed E-state index contributed by atoms with van der Waals surface area (Å²) in [5, 5.41) is 2.56. The number of morpholine rings is 1. The van der Waals surface area contributed by atoms with Crippen molar-refractivity contribution in [1.82, 2.24) is 5.32 Å². The highest BCUT2D eigenvalue weighted by Crippen LogP contribution is 2.27. The van der Waals surface area contributed by atoms with Gasteiger partial charge in [0.25, 0.3) is 0 Å². The molecule has 2 nitrogen and oxygen atoms in total. The Labute approximate surface area is 85.8 Å². The summed E-state index contributed by atoms with van der Waals surface area (Å²) in [6.45, 7) is 3.26. The predicted molar refractivity (Wildman–Crippen MR) is 50.2 cm³/mol. The summed E-state index contributed by atoms with van der Waals surface area (Å²) in [7, 11) is 0. The van der Waals surface area contributed by atoms with Crippen molar-refractivity contribution in [3.05, 3.63) is 0 Å². The molecule has 1 heterocycles. The van der Waals surface area contributed by atoms with Gasteiger partial charge in [-0.3, -0.25) is 0 Å². The molecule has 2 unspecified atom stereocenters. The molecule has 2 atom stereocenters. The number of hydrogen-bond donors (Lipinski definition) is 1. The summed E-state index contributed by atoms with van der Waals surface area (Å²) in [5.41, 5.74) is 0. The van der Waals surface area contributed by atoms with Crippen LogP contribution in [0.1, 0.15) is 13.8 Å². The summed E-state index contributed by atoms with van der Waals surface area (Å²) in [4.78, 5) is 0.362. The van der Waals surface area contributed by atoms with Crippen molar-refractivity contribution in [3.8, 4) is 0 Å². The first kappa shape index (κ1) is 11.7. The van der Waals surface area contributed by atoms with E-state index in [2.05, 4.69) is 5.32 Å². The molecule has 0 bridgehead atoms. The Morgan fingerprint density at radius 3 is 2.50 bits per heavy atom. The molecule has 0 spiro atoms. The molecular weight excluding hydrogens is 215 g/mol. The smallest absolute Gasteiger partial charge is 0.375 e. The second-order valence-corrected chi connectivity index (χ2v) is 4.02. The van der Waals surface area contributed by atoms with E-state index in [1.807, 2.05) is 0 Å². The van der Waals surface area contributed by atoms with Gasteiger partial charge in [0.2, 0.25) is 0 Å². The van der Waals surface area contributed by atoms with Crippen molar-refractivity contribution in [2.75, 3.05) is 6.54 Å². The Kier molecular flexibility index (Phi) is 3.36. The molecule has 0 aromatic rings. The first-order chi connectivity index (χ1) is 6.32. The van der Waals surface area contributed by atoms with Crippen LogP contribution in [-0.2, 0) is 4.74 Å². The number of nitrogens with one attached hydrogen (secondary N) is 1. The molecule has 0 saturated carbocycles. The van der Waals surface area contributed by atoms with Gasteiger partial charge in [-0.2, -0.15) is 13.2 Å². The van der Waals surface area contributed by atoms with Crippen LogP contribution in [0.5, 0.6) is 0 Å². The SMILES string of the molecule is CC(C)C1OC(C(F)(F)F)CNC1=S. The van der Waals surface area contributed by atoms with E-state index in [1.54, 1.807) is 13.8 Å². The average molecular weight is 227 g/mol. The van der Waals surface area contributed by atoms with Crippen molar-refractivity contribution in [3.63, 3.8) is 0 Å². The quantitative estimate of drug-likeness (QED) is 0.691. The van der Waals surface area contributed by atoms with Crippen LogP contribution in [0.15, 0.2) is 0 Å². The third-order valence-corrected chi connectivity index (χ3v) is 2.38. The summed E-state index contributed by atoms with van der Waals surface area (Å²) < 4.78 is 41.8. The van der Waals surface area contributed by atoms with Gasteiger partial charge in [0.05, 0.1) is 6.54 Å². The van der Waals surface area contributed by atoms with Crippen molar-refractivity contribution in [1.29, 1.82) is 0 Å². The Morgan fingerprint density at radius 1 is 1.50 bits per heavy atom. The second-order valence-electron chi connectivity index (χ2n) is 3.58. The van der Waals surface area contributed by atoms with Crippen molar-refractivity contribution in [2.24, 2.45) is 5.92 Å². The standard InChI is InChI=1S/C8H12F3NOS/c1-4(2)6-7(14)12-3-5(13-6)8(9,10)11/h4-6H,3H2,1-2H3,(H,12,14).